The van der Waals surface area contributed by atoms with E-state index in [1.807, 2.05) is 6.92 Å². The number of Topliss-reactive ketones (excluding diaryl/α,β-unsaturated/α-hetero) is 1. The van der Waals surface area contributed by atoms with Gasteiger partial charge in [0.2, 0.25) is 0 Å². The molecule has 0 unspecified atom stereocenters. The van der Waals surface area contributed by atoms with E-state index in [-0.39, 0.29) is 17.8 Å². The fourth-order valence-electron chi connectivity index (χ4n) is 1.54. The van der Waals surface area contributed by atoms with Crippen LogP contribution in [0.25, 0.3) is 0 Å². The van der Waals surface area contributed by atoms with Gasteiger partial charge >= 0.3 is 0 Å². The molecule has 0 atom stereocenters. The molecule has 0 saturated carbocycles. The lowest BCUT2D eigenvalue weighted by atomic mass is 10.0. The first kappa shape index (κ1) is 12.9. The van der Waals surface area contributed by atoms with Gasteiger partial charge in [0.1, 0.15) is 5.82 Å². The van der Waals surface area contributed by atoms with Crippen LogP contribution in [-0.2, 0) is 11.2 Å². The van der Waals surface area contributed by atoms with E-state index >= 15 is 0 Å². The number of carbonyl (C=O) groups excluding carboxylic acids is 1. The van der Waals surface area contributed by atoms with Crippen molar-refractivity contribution in [2.45, 2.75) is 26.7 Å². The number of hydrogen-bond donors (Lipinski definition) is 0. The molecule has 3 heteroatoms. The summed E-state index contributed by atoms with van der Waals surface area (Å²) in [6, 6.07) is 4.44. The summed E-state index contributed by atoms with van der Waals surface area (Å²) in [6.07, 6.45) is 2.44. The summed E-state index contributed by atoms with van der Waals surface area (Å²) in [6.45, 7) is 3.70. The highest BCUT2D eigenvalue weighted by molar-refractivity contribution is 6.31. The molecule has 0 fully saturated rings. The van der Waals surface area contributed by atoms with Crippen molar-refractivity contribution in [1.82, 2.24) is 0 Å². The highest BCUT2D eigenvalue weighted by atomic mass is 35.5. The van der Waals surface area contributed by atoms with Crippen molar-refractivity contribution in [2.75, 3.05) is 0 Å². The number of ketones is 1. The Balaban J connectivity index is 2.93. The molecule has 0 aliphatic carbocycles. The van der Waals surface area contributed by atoms with Crippen molar-refractivity contribution in [3.63, 3.8) is 0 Å². The van der Waals surface area contributed by atoms with Crippen LogP contribution in [-0.4, -0.2) is 5.78 Å². The fourth-order valence-corrected chi connectivity index (χ4v) is 1.77. The zero-order chi connectivity index (χ0) is 12.1. The van der Waals surface area contributed by atoms with E-state index in [9.17, 15) is 9.18 Å². The minimum atomic E-state index is -0.424. The molecule has 0 bridgehead atoms. The number of carbonyl (C=O) groups is 1. The molecule has 0 heterocycles. The van der Waals surface area contributed by atoms with Crippen molar-refractivity contribution in [3.05, 3.63) is 46.3 Å². The molecule has 0 spiro atoms. The van der Waals surface area contributed by atoms with Gasteiger partial charge in [-0.25, -0.2) is 4.39 Å². The standard InChI is InChI=1S/C13H14ClFO/c1-3-9(4-2)13(16)8-10-11(14)6-5-7-12(10)15/h3,5-7H,4,8H2,1-2H3/b9-3-. The molecule has 1 aromatic carbocycles. The molecule has 0 aliphatic rings. The SMILES string of the molecule is C/C=C(/CC)C(=O)Cc1c(F)cccc1Cl. The topological polar surface area (TPSA) is 17.1 Å². The molecule has 16 heavy (non-hydrogen) atoms. The van der Waals surface area contributed by atoms with Crippen LogP contribution in [0.3, 0.4) is 0 Å². The second-order valence-electron chi connectivity index (χ2n) is 3.47. The normalized spacial score (nSPS) is 11.6. The Morgan fingerprint density at radius 2 is 2.19 bits per heavy atom. The smallest absolute Gasteiger partial charge is 0.163 e. The van der Waals surface area contributed by atoms with E-state index < -0.39 is 5.82 Å². The summed E-state index contributed by atoms with van der Waals surface area (Å²) < 4.78 is 13.4. The average molecular weight is 241 g/mol. The molecular formula is C13H14ClFO. The van der Waals surface area contributed by atoms with Gasteiger partial charge < -0.3 is 0 Å². The molecule has 0 aromatic heterocycles. The molecule has 0 aliphatic heterocycles. The fraction of sp³-hybridized carbons (Fsp3) is 0.308. The van der Waals surface area contributed by atoms with E-state index in [4.69, 9.17) is 11.6 Å². The van der Waals surface area contributed by atoms with Crippen LogP contribution in [0.5, 0.6) is 0 Å². The van der Waals surface area contributed by atoms with Gasteiger partial charge in [0.15, 0.2) is 5.78 Å². The Hall–Kier alpha value is -1.15. The Labute approximate surface area is 99.9 Å². The van der Waals surface area contributed by atoms with Gasteiger partial charge in [0, 0.05) is 17.0 Å². The molecule has 86 valence electrons. The first-order chi connectivity index (χ1) is 7.60. The Morgan fingerprint density at radius 3 is 2.69 bits per heavy atom. The summed E-state index contributed by atoms with van der Waals surface area (Å²) in [5.41, 5.74) is 0.987. The van der Waals surface area contributed by atoms with Crippen molar-refractivity contribution in [3.8, 4) is 0 Å². The largest absolute Gasteiger partial charge is 0.294 e. The lowest BCUT2D eigenvalue weighted by molar-refractivity contribution is -0.115. The Kier molecular flexibility index (Phi) is 4.69. The molecule has 0 radical (unpaired) electrons. The van der Waals surface area contributed by atoms with Crippen molar-refractivity contribution in [2.24, 2.45) is 0 Å². The quantitative estimate of drug-likeness (QED) is 0.729. The van der Waals surface area contributed by atoms with Crippen molar-refractivity contribution in [1.29, 1.82) is 0 Å². The third-order valence-electron chi connectivity index (χ3n) is 2.49. The van der Waals surface area contributed by atoms with Crippen molar-refractivity contribution < 1.29 is 9.18 Å². The number of allylic oxidation sites excluding steroid dienone is 2. The summed E-state index contributed by atoms with van der Waals surface area (Å²) in [4.78, 5) is 11.8. The first-order valence-electron chi connectivity index (χ1n) is 5.21. The maximum Gasteiger partial charge on any atom is 0.163 e. The van der Waals surface area contributed by atoms with Gasteiger partial charge in [0.25, 0.3) is 0 Å². The van der Waals surface area contributed by atoms with Gasteiger partial charge in [-0.2, -0.15) is 0 Å². The zero-order valence-electron chi connectivity index (χ0n) is 9.39. The number of hydrogen-bond acceptors (Lipinski definition) is 1. The second-order valence-corrected chi connectivity index (χ2v) is 3.87. The highest BCUT2D eigenvalue weighted by Crippen LogP contribution is 2.21. The summed E-state index contributed by atoms with van der Waals surface area (Å²) in [7, 11) is 0. The Morgan fingerprint density at radius 1 is 1.50 bits per heavy atom. The zero-order valence-corrected chi connectivity index (χ0v) is 10.1. The van der Waals surface area contributed by atoms with Gasteiger partial charge in [-0.05, 0) is 31.1 Å². The summed E-state index contributed by atoms with van der Waals surface area (Å²) >= 11 is 5.85. The number of rotatable bonds is 4. The van der Waals surface area contributed by atoms with Crippen LogP contribution < -0.4 is 0 Å². The Bertz CT molecular complexity index is 404. The minimum Gasteiger partial charge on any atom is -0.294 e. The first-order valence-corrected chi connectivity index (χ1v) is 5.59. The maximum absolute atomic E-state index is 13.4. The average Bonchev–Trinajstić information content (AvgIpc) is 2.25. The van der Waals surface area contributed by atoms with E-state index in [2.05, 4.69) is 0 Å². The number of halogens is 2. The molecular weight excluding hydrogens is 227 g/mol. The monoisotopic (exact) mass is 240 g/mol. The highest BCUT2D eigenvalue weighted by Gasteiger charge is 2.13. The van der Waals surface area contributed by atoms with Crippen molar-refractivity contribution >= 4 is 17.4 Å². The van der Waals surface area contributed by atoms with Gasteiger partial charge in [-0.3, -0.25) is 4.79 Å². The van der Waals surface area contributed by atoms with E-state index in [1.54, 1.807) is 19.1 Å². The summed E-state index contributed by atoms with van der Waals surface area (Å²) in [5, 5.41) is 0.305. The van der Waals surface area contributed by atoms with Crippen LogP contribution in [0, 0.1) is 5.82 Å². The lowest BCUT2D eigenvalue weighted by Crippen LogP contribution is -2.07. The molecule has 1 nitrogen and oxygen atoms in total. The lowest BCUT2D eigenvalue weighted by Gasteiger charge is -2.06. The second kappa shape index (κ2) is 5.80. The molecule has 0 N–H and O–H groups in total. The predicted octanol–water partition coefficient (Wildman–Crippen LogP) is 3.95. The van der Waals surface area contributed by atoms with Crippen LogP contribution in [0.15, 0.2) is 29.8 Å². The molecule has 1 rings (SSSR count). The van der Waals surface area contributed by atoms with E-state index in [0.717, 1.165) is 0 Å². The minimum absolute atomic E-state index is 0.0268. The summed E-state index contributed by atoms with van der Waals surface area (Å²) in [5.74, 6) is -0.496. The van der Waals surface area contributed by atoms with Gasteiger partial charge in [-0.15, -0.1) is 0 Å². The molecule has 0 amide bonds. The predicted molar refractivity (Wildman–Crippen MR) is 64.2 cm³/mol. The van der Waals surface area contributed by atoms with Gasteiger partial charge in [0.05, 0.1) is 0 Å². The van der Waals surface area contributed by atoms with Crippen LogP contribution in [0.1, 0.15) is 25.8 Å². The molecule has 1 aromatic rings. The van der Waals surface area contributed by atoms with E-state index in [0.29, 0.717) is 17.0 Å². The number of benzene rings is 1. The van der Waals surface area contributed by atoms with Crippen LogP contribution in [0.2, 0.25) is 5.02 Å². The van der Waals surface area contributed by atoms with Gasteiger partial charge in [-0.1, -0.05) is 30.7 Å². The molecule has 0 saturated heterocycles. The maximum atomic E-state index is 13.4. The van der Waals surface area contributed by atoms with Crippen LogP contribution >= 0.6 is 11.6 Å². The third kappa shape index (κ3) is 2.92. The van der Waals surface area contributed by atoms with E-state index in [1.165, 1.54) is 12.1 Å². The third-order valence-corrected chi connectivity index (χ3v) is 2.84. The van der Waals surface area contributed by atoms with Crippen LogP contribution in [0.4, 0.5) is 4.39 Å².